The topological polar surface area (TPSA) is 33.1 Å². The normalized spacial score (nSPS) is 26.0. The molecule has 1 saturated heterocycles. The molecule has 4 nitrogen and oxygen atoms in total. The van der Waals surface area contributed by atoms with Crippen molar-refractivity contribution in [1.82, 2.24) is 19.8 Å². The van der Waals surface area contributed by atoms with Crippen molar-refractivity contribution in [2.24, 2.45) is 0 Å². The largest absolute Gasteiger partial charge is 0.323 e. The van der Waals surface area contributed by atoms with Gasteiger partial charge >= 0.3 is 0 Å². The van der Waals surface area contributed by atoms with Crippen LogP contribution in [0.25, 0.3) is 16.6 Å². The van der Waals surface area contributed by atoms with E-state index in [2.05, 4.69) is 44.0 Å². The van der Waals surface area contributed by atoms with E-state index in [0.29, 0.717) is 11.6 Å². The maximum atomic E-state index is 14.6. The van der Waals surface area contributed by atoms with Crippen molar-refractivity contribution in [3.8, 4) is 0 Å². The molecule has 1 aromatic heterocycles. The Morgan fingerprint density at radius 2 is 2.26 bits per heavy atom. The summed E-state index contributed by atoms with van der Waals surface area (Å²) in [7, 11) is 0. The summed E-state index contributed by atoms with van der Waals surface area (Å²) in [5.74, 6) is -0.125. The Kier molecular flexibility index (Phi) is 6.00. The molecule has 0 saturated carbocycles. The van der Waals surface area contributed by atoms with E-state index in [9.17, 15) is 4.39 Å². The smallest absolute Gasteiger partial charge is 0.107 e. The highest BCUT2D eigenvalue weighted by Crippen LogP contribution is 2.33. The van der Waals surface area contributed by atoms with Crippen LogP contribution in [0.4, 0.5) is 4.39 Å². The van der Waals surface area contributed by atoms with Crippen molar-refractivity contribution in [2.45, 2.75) is 50.1 Å². The van der Waals surface area contributed by atoms with Crippen LogP contribution in [-0.2, 0) is 0 Å². The molecule has 0 radical (unpaired) electrons. The molecule has 0 amide bonds. The second-order valence-corrected chi connectivity index (χ2v) is 9.56. The summed E-state index contributed by atoms with van der Waals surface area (Å²) in [5.41, 5.74) is 5.32. The van der Waals surface area contributed by atoms with Crippen LogP contribution >= 0.6 is 11.6 Å². The van der Waals surface area contributed by atoms with E-state index in [1.165, 1.54) is 24.0 Å². The molecule has 3 atom stereocenters. The lowest BCUT2D eigenvalue weighted by Crippen LogP contribution is -2.39. The van der Waals surface area contributed by atoms with Gasteiger partial charge < -0.3 is 9.88 Å². The van der Waals surface area contributed by atoms with E-state index in [-0.39, 0.29) is 23.7 Å². The molecule has 6 heteroatoms. The summed E-state index contributed by atoms with van der Waals surface area (Å²) in [6.07, 6.45) is 11.8. The maximum Gasteiger partial charge on any atom is 0.107 e. The Labute approximate surface area is 188 Å². The van der Waals surface area contributed by atoms with Crippen molar-refractivity contribution in [2.75, 3.05) is 26.2 Å². The number of benzene rings is 1. The first-order valence-corrected chi connectivity index (χ1v) is 11.8. The van der Waals surface area contributed by atoms with Crippen molar-refractivity contribution in [3.63, 3.8) is 0 Å². The van der Waals surface area contributed by atoms with Gasteiger partial charge in [-0.3, -0.25) is 4.90 Å². The van der Waals surface area contributed by atoms with Gasteiger partial charge in [0.05, 0.1) is 28.8 Å². The van der Waals surface area contributed by atoms with Crippen LogP contribution in [0, 0.1) is 0 Å². The lowest BCUT2D eigenvalue weighted by atomic mass is 9.97. The summed E-state index contributed by atoms with van der Waals surface area (Å²) in [5, 5.41) is 3.34. The Morgan fingerprint density at radius 3 is 3.00 bits per heavy atom. The summed E-state index contributed by atoms with van der Waals surface area (Å²) < 4.78 is 16.7. The zero-order chi connectivity index (χ0) is 21.4. The van der Waals surface area contributed by atoms with Gasteiger partial charge in [-0.15, -0.1) is 11.6 Å². The molecule has 3 aliphatic rings. The number of hydrogen-bond acceptors (Lipinski definition) is 3. The first kappa shape index (κ1) is 20.9. The fourth-order valence-electron chi connectivity index (χ4n) is 5.07. The minimum atomic E-state index is -0.260. The van der Waals surface area contributed by atoms with Gasteiger partial charge in [-0.2, -0.15) is 0 Å². The van der Waals surface area contributed by atoms with E-state index in [4.69, 9.17) is 11.6 Å². The van der Waals surface area contributed by atoms with E-state index in [1.54, 1.807) is 0 Å². The van der Waals surface area contributed by atoms with Gasteiger partial charge in [0.15, 0.2) is 0 Å². The van der Waals surface area contributed by atoms with Crippen molar-refractivity contribution in [3.05, 3.63) is 59.7 Å². The van der Waals surface area contributed by atoms with E-state index < -0.39 is 0 Å². The van der Waals surface area contributed by atoms with Crippen LogP contribution in [-0.4, -0.2) is 52.0 Å². The standard InChI is InChI=1S/C25H30ClFN4/c1-17(22-6-5-20(26)14-23(22)27)31-16-29-24-7-4-19(13-25(24)31)18-8-11-30(12-9-18)15-21-3-2-10-28-21/h4-8,13,16-17,20-21,28H,2-3,9-12,14-15H2,1H3/t17-,20?,21-/m1/s1. The third-order valence-electron chi connectivity index (χ3n) is 6.92. The van der Waals surface area contributed by atoms with Gasteiger partial charge in [0.2, 0.25) is 0 Å². The van der Waals surface area contributed by atoms with Crippen LogP contribution in [0.3, 0.4) is 0 Å². The zero-order valence-electron chi connectivity index (χ0n) is 18.0. The third kappa shape index (κ3) is 4.36. The maximum absolute atomic E-state index is 14.6. The van der Waals surface area contributed by atoms with Gasteiger partial charge in [0.1, 0.15) is 5.83 Å². The molecule has 2 aromatic rings. The Balaban J connectivity index is 1.36. The monoisotopic (exact) mass is 440 g/mol. The highest BCUT2D eigenvalue weighted by atomic mass is 35.5. The minimum Gasteiger partial charge on any atom is -0.323 e. The molecule has 3 heterocycles. The van der Waals surface area contributed by atoms with Gasteiger partial charge in [0, 0.05) is 37.7 Å². The molecule has 31 heavy (non-hydrogen) atoms. The SMILES string of the molecule is C[C@H](C1=C(F)CC(Cl)C=C1)n1cnc2ccc(C3=CCN(C[C@H]4CCCN4)CC3)cc21. The molecule has 164 valence electrons. The predicted molar refractivity (Wildman–Crippen MR) is 126 cm³/mol. The molecule has 1 aromatic carbocycles. The number of imidazole rings is 1. The molecule has 5 rings (SSSR count). The highest BCUT2D eigenvalue weighted by Gasteiger charge is 2.23. The first-order valence-electron chi connectivity index (χ1n) is 11.4. The second kappa shape index (κ2) is 8.89. The lowest BCUT2D eigenvalue weighted by Gasteiger charge is -2.29. The molecule has 1 N–H and O–H groups in total. The Morgan fingerprint density at radius 1 is 1.35 bits per heavy atom. The van der Waals surface area contributed by atoms with E-state index in [0.717, 1.165) is 43.6 Å². The van der Waals surface area contributed by atoms with Crippen LogP contribution in [0.2, 0.25) is 0 Å². The quantitative estimate of drug-likeness (QED) is 0.646. The molecule has 1 aliphatic carbocycles. The number of nitrogens with one attached hydrogen (secondary N) is 1. The molecule has 2 aliphatic heterocycles. The van der Waals surface area contributed by atoms with E-state index in [1.807, 2.05) is 25.4 Å². The summed E-state index contributed by atoms with van der Waals surface area (Å²) >= 11 is 6.07. The van der Waals surface area contributed by atoms with Crippen LogP contribution in [0.1, 0.15) is 44.2 Å². The number of hydrogen-bond donors (Lipinski definition) is 1. The van der Waals surface area contributed by atoms with Crippen LogP contribution in [0.5, 0.6) is 0 Å². The molecule has 1 fully saturated rings. The lowest BCUT2D eigenvalue weighted by molar-refractivity contribution is 0.273. The summed E-state index contributed by atoms with van der Waals surface area (Å²) in [6, 6.07) is 6.99. The van der Waals surface area contributed by atoms with Crippen molar-refractivity contribution < 1.29 is 4.39 Å². The van der Waals surface area contributed by atoms with Crippen LogP contribution < -0.4 is 5.32 Å². The number of aromatic nitrogens is 2. The van der Waals surface area contributed by atoms with E-state index >= 15 is 0 Å². The van der Waals surface area contributed by atoms with Gasteiger partial charge in [-0.1, -0.05) is 24.3 Å². The predicted octanol–water partition coefficient (Wildman–Crippen LogP) is 5.23. The number of fused-ring (bicyclic) bond motifs is 1. The van der Waals surface area contributed by atoms with Gasteiger partial charge in [-0.05, 0) is 56.0 Å². The molecule has 0 spiro atoms. The van der Waals surface area contributed by atoms with Gasteiger partial charge in [-0.25, -0.2) is 9.37 Å². The Bertz CT molecular complexity index is 1050. The van der Waals surface area contributed by atoms with Crippen LogP contribution in [0.15, 0.2) is 54.2 Å². The fourth-order valence-corrected chi connectivity index (χ4v) is 5.28. The number of nitrogens with zero attached hydrogens (tertiary/aromatic N) is 3. The average molecular weight is 441 g/mol. The number of allylic oxidation sites excluding steroid dienone is 4. The molecule has 1 unspecified atom stereocenters. The minimum absolute atomic E-state index is 0.125. The first-order chi connectivity index (χ1) is 15.1. The molecule has 0 bridgehead atoms. The average Bonchev–Trinajstić information content (AvgIpc) is 3.43. The third-order valence-corrected chi connectivity index (χ3v) is 7.22. The molecular formula is C25H30ClFN4. The highest BCUT2D eigenvalue weighted by molar-refractivity contribution is 6.22. The molecular weight excluding hydrogens is 411 g/mol. The second-order valence-electron chi connectivity index (χ2n) is 9.00. The number of halogens is 2. The Hall–Kier alpha value is -1.95. The van der Waals surface area contributed by atoms with Gasteiger partial charge in [0.25, 0.3) is 0 Å². The fraction of sp³-hybridized carbons (Fsp3) is 0.480. The zero-order valence-corrected chi connectivity index (χ0v) is 18.8. The number of rotatable bonds is 5. The summed E-state index contributed by atoms with van der Waals surface area (Å²) in [6.45, 7) is 6.43. The summed E-state index contributed by atoms with van der Waals surface area (Å²) in [4.78, 5) is 7.11. The van der Waals surface area contributed by atoms with Crippen molar-refractivity contribution >= 4 is 28.2 Å². The van der Waals surface area contributed by atoms with Crippen molar-refractivity contribution in [1.29, 1.82) is 0 Å². The number of alkyl halides is 1.